The van der Waals surface area contributed by atoms with E-state index in [-0.39, 0.29) is 0 Å². The third kappa shape index (κ3) is 2.03. The Hall–Kier alpha value is -2.42. The average Bonchev–Trinajstić information content (AvgIpc) is 2.81. The van der Waals surface area contributed by atoms with Crippen LogP contribution < -0.4 is 0 Å². The number of fused-ring (bicyclic) bond motifs is 1. The van der Waals surface area contributed by atoms with Crippen molar-refractivity contribution in [1.29, 1.82) is 0 Å². The van der Waals surface area contributed by atoms with Crippen LogP contribution in [0.3, 0.4) is 0 Å². The highest BCUT2D eigenvalue weighted by atomic mass is 16.1. The molecule has 2 heterocycles. The van der Waals surface area contributed by atoms with Gasteiger partial charge in [0.05, 0.1) is 11.2 Å². The summed E-state index contributed by atoms with van der Waals surface area (Å²) in [4.78, 5) is 11.0. The van der Waals surface area contributed by atoms with Crippen molar-refractivity contribution in [1.82, 2.24) is 9.61 Å². The summed E-state index contributed by atoms with van der Waals surface area (Å²) in [6.45, 7) is 4.15. The zero-order valence-electron chi connectivity index (χ0n) is 10.9. The second-order valence-electron chi connectivity index (χ2n) is 4.82. The number of rotatable bonds is 2. The van der Waals surface area contributed by atoms with Gasteiger partial charge in [-0.25, -0.2) is 4.52 Å². The third-order valence-electron chi connectivity index (χ3n) is 3.18. The Morgan fingerprint density at radius 3 is 2.53 bits per heavy atom. The largest absolute Gasteiger partial charge is 0.298 e. The van der Waals surface area contributed by atoms with Gasteiger partial charge in [-0.05, 0) is 44.2 Å². The molecular formula is C16H14N2O. The van der Waals surface area contributed by atoms with Crippen LogP contribution in [-0.4, -0.2) is 15.9 Å². The molecule has 19 heavy (non-hydrogen) atoms. The highest BCUT2D eigenvalue weighted by Gasteiger charge is 2.08. The highest BCUT2D eigenvalue weighted by Crippen LogP contribution is 2.23. The van der Waals surface area contributed by atoms with Crippen molar-refractivity contribution in [3.63, 3.8) is 0 Å². The standard InChI is InChI=1S/C16H14N2O/c1-11-6-12(2)8-14(7-11)15-9-16-13(10-19)4-3-5-18(16)17-15/h3-10H,1-2H3. The fourth-order valence-corrected chi connectivity index (χ4v) is 2.40. The quantitative estimate of drug-likeness (QED) is 0.653. The van der Waals surface area contributed by atoms with E-state index >= 15 is 0 Å². The molecule has 0 saturated carbocycles. The Bertz CT molecular complexity index is 751. The summed E-state index contributed by atoms with van der Waals surface area (Å²) in [5.74, 6) is 0. The second kappa shape index (κ2) is 4.35. The molecule has 0 aliphatic rings. The number of hydrogen-bond acceptors (Lipinski definition) is 2. The highest BCUT2D eigenvalue weighted by molar-refractivity contribution is 5.87. The van der Waals surface area contributed by atoms with Crippen LogP contribution in [0.2, 0.25) is 0 Å². The molecule has 0 unspecified atom stereocenters. The van der Waals surface area contributed by atoms with Gasteiger partial charge in [-0.1, -0.05) is 17.2 Å². The number of aromatic nitrogens is 2. The molecule has 2 aromatic heterocycles. The number of carbonyl (C=O) groups excluding carboxylic acids is 1. The molecule has 0 saturated heterocycles. The van der Waals surface area contributed by atoms with Crippen molar-refractivity contribution in [3.8, 4) is 11.3 Å². The topological polar surface area (TPSA) is 34.4 Å². The lowest BCUT2D eigenvalue weighted by Crippen LogP contribution is -1.90. The second-order valence-corrected chi connectivity index (χ2v) is 4.82. The van der Waals surface area contributed by atoms with E-state index in [4.69, 9.17) is 0 Å². The van der Waals surface area contributed by atoms with Crippen LogP contribution >= 0.6 is 0 Å². The lowest BCUT2D eigenvalue weighted by molar-refractivity contribution is 0.112. The molecule has 3 rings (SSSR count). The molecule has 3 nitrogen and oxygen atoms in total. The molecule has 0 radical (unpaired) electrons. The molecule has 0 fully saturated rings. The molecule has 0 N–H and O–H groups in total. The molecule has 3 aromatic rings. The normalized spacial score (nSPS) is 10.8. The van der Waals surface area contributed by atoms with Crippen molar-refractivity contribution < 1.29 is 4.79 Å². The summed E-state index contributed by atoms with van der Waals surface area (Å²) >= 11 is 0. The minimum absolute atomic E-state index is 0.658. The van der Waals surface area contributed by atoms with E-state index in [2.05, 4.69) is 37.1 Å². The van der Waals surface area contributed by atoms with Crippen LogP contribution in [0.25, 0.3) is 16.8 Å². The smallest absolute Gasteiger partial charge is 0.152 e. The van der Waals surface area contributed by atoms with E-state index < -0.39 is 0 Å². The molecule has 0 aliphatic carbocycles. The van der Waals surface area contributed by atoms with Gasteiger partial charge in [0.25, 0.3) is 0 Å². The maximum atomic E-state index is 11.0. The van der Waals surface area contributed by atoms with Gasteiger partial charge in [-0.2, -0.15) is 5.10 Å². The number of hydrogen-bond donors (Lipinski definition) is 0. The Labute approximate surface area is 111 Å². The first kappa shape index (κ1) is 11.7. The monoisotopic (exact) mass is 250 g/mol. The number of nitrogens with zero attached hydrogens (tertiary/aromatic N) is 2. The van der Waals surface area contributed by atoms with Gasteiger partial charge < -0.3 is 0 Å². The molecule has 0 aliphatic heterocycles. The Morgan fingerprint density at radius 1 is 1.11 bits per heavy atom. The summed E-state index contributed by atoms with van der Waals surface area (Å²) in [7, 11) is 0. The zero-order chi connectivity index (χ0) is 13.4. The van der Waals surface area contributed by atoms with Gasteiger partial charge in [0.1, 0.15) is 0 Å². The lowest BCUT2D eigenvalue weighted by Gasteiger charge is -2.01. The molecule has 0 spiro atoms. The summed E-state index contributed by atoms with van der Waals surface area (Å²) < 4.78 is 1.75. The maximum Gasteiger partial charge on any atom is 0.152 e. The predicted molar refractivity (Wildman–Crippen MR) is 75.5 cm³/mol. The molecular weight excluding hydrogens is 236 g/mol. The first-order valence-electron chi connectivity index (χ1n) is 6.19. The van der Waals surface area contributed by atoms with E-state index in [0.717, 1.165) is 23.1 Å². The van der Waals surface area contributed by atoms with Crippen LogP contribution in [0.4, 0.5) is 0 Å². The number of aryl methyl sites for hydroxylation is 2. The van der Waals surface area contributed by atoms with Gasteiger partial charge in [0, 0.05) is 17.3 Å². The molecule has 1 aromatic carbocycles. The number of carbonyl (C=O) groups is 1. The van der Waals surface area contributed by atoms with Crippen LogP contribution in [0.15, 0.2) is 42.6 Å². The van der Waals surface area contributed by atoms with Crippen LogP contribution in [0, 0.1) is 13.8 Å². The number of pyridine rings is 1. The van der Waals surface area contributed by atoms with Crippen LogP contribution in [0.5, 0.6) is 0 Å². The summed E-state index contributed by atoms with van der Waals surface area (Å²) in [5, 5.41) is 4.53. The minimum Gasteiger partial charge on any atom is -0.298 e. The van der Waals surface area contributed by atoms with Crippen molar-refractivity contribution in [3.05, 3.63) is 59.3 Å². The van der Waals surface area contributed by atoms with E-state index in [1.54, 1.807) is 10.6 Å². The third-order valence-corrected chi connectivity index (χ3v) is 3.18. The molecule has 3 heteroatoms. The maximum absolute atomic E-state index is 11.0. The summed E-state index contributed by atoms with van der Waals surface area (Å²) in [6, 6.07) is 11.9. The first-order valence-corrected chi connectivity index (χ1v) is 6.19. The Kier molecular flexibility index (Phi) is 2.67. The van der Waals surface area contributed by atoms with Crippen LogP contribution in [-0.2, 0) is 0 Å². The zero-order valence-corrected chi connectivity index (χ0v) is 10.9. The number of aldehydes is 1. The predicted octanol–water partition coefficient (Wildman–Crippen LogP) is 3.43. The van der Waals surface area contributed by atoms with Gasteiger partial charge in [-0.15, -0.1) is 0 Å². The first-order chi connectivity index (χ1) is 9.17. The molecule has 0 atom stereocenters. The van der Waals surface area contributed by atoms with Crippen molar-refractivity contribution in [2.75, 3.05) is 0 Å². The minimum atomic E-state index is 0.658. The molecule has 94 valence electrons. The average molecular weight is 250 g/mol. The van der Waals surface area contributed by atoms with Gasteiger partial charge >= 0.3 is 0 Å². The van der Waals surface area contributed by atoms with E-state index in [0.29, 0.717) is 5.56 Å². The SMILES string of the molecule is Cc1cc(C)cc(-c2cc3c(C=O)cccn3n2)c1. The van der Waals surface area contributed by atoms with Crippen molar-refractivity contribution in [2.45, 2.75) is 13.8 Å². The lowest BCUT2D eigenvalue weighted by atomic mass is 10.0. The Balaban J connectivity index is 2.23. The number of benzene rings is 1. The van der Waals surface area contributed by atoms with Crippen LogP contribution in [0.1, 0.15) is 21.5 Å². The van der Waals surface area contributed by atoms with Crippen molar-refractivity contribution in [2.24, 2.45) is 0 Å². The van der Waals surface area contributed by atoms with E-state index in [9.17, 15) is 4.79 Å². The fraction of sp³-hybridized carbons (Fsp3) is 0.125. The van der Waals surface area contributed by atoms with Gasteiger partial charge in [0.15, 0.2) is 6.29 Å². The van der Waals surface area contributed by atoms with Gasteiger partial charge in [0.2, 0.25) is 0 Å². The van der Waals surface area contributed by atoms with E-state index in [1.165, 1.54) is 11.1 Å². The fourth-order valence-electron chi connectivity index (χ4n) is 2.40. The van der Waals surface area contributed by atoms with Crippen molar-refractivity contribution >= 4 is 11.8 Å². The summed E-state index contributed by atoms with van der Waals surface area (Å²) in [6.07, 6.45) is 2.72. The summed E-state index contributed by atoms with van der Waals surface area (Å²) in [5.41, 5.74) is 5.89. The molecule has 0 amide bonds. The van der Waals surface area contributed by atoms with Gasteiger partial charge in [-0.3, -0.25) is 4.79 Å². The van der Waals surface area contributed by atoms with E-state index in [1.807, 2.05) is 18.3 Å². The Morgan fingerprint density at radius 2 is 1.84 bits per heavy atom. The molecule has 0 bridgehead atoms.